The number of carbonyl (C=O) groups excluding carboxylic acids is 1. The first-order valence-electron chi connectivity index (χ1n) is 9.53. The Morgan fingerprint density at radius 1 is 1.10 bits per heavy atom. The van der Waals surface area contributed by atoms with Crippen LogP contribution in [-0.2, 0) is 27.2 Å². The maximum Gasteiger partial charge on any atom is 0.309 e. The second-order valence-electron chi connectivity index (χ2n) is 7.22. The average Bonchev–Trinajstić information content (AvgIpc) is 3.00. The number of benzene rings is 2. The third kappa shape index (κ3) is 5.63. The molecule has 1 heterocycles. The Hall–Kier alpha value is -3.22. The second kappa shape index (κ2) is 9.32. The van der Waals surface area contributed by atoms with Crippen LogP contribution in [0.5, 0.6) is 17.2 Å². The molecule has 0 unspecified atom stereocenters. The molecule has 0 aliphatic carbocycles. The molecule has 3 N–H and O–H groups in total. The van der Waals surface area contributed by atoms with Crippen LogP contribution in [0.15, 0.2) is 42.5 Å². The van der Waals surface area contributed by atoms with Crippen molar-refractivity contribution < 1.29 is 34.4 Å². The molecule has 3 rings (SSSR count). The number of hydrogen-bond donors (Lipinski definition) is 3. The molecule has 0 saturated carbocycles. The number of aromatic hydroxyl groups is 2. The highest BCUT2D eigenvalue weighted by Gasteiger charge is 2.36. The molecular weight excluding hydrogens is 376 g/mol. The second-order valence-corrected chi connectivity index (χ2v) is 7.22. The van der Waals surface area contributed by atoms with Crippen molar-refractivity contribution in [3.63, 3.8) is 0 Å². The van der Waals surface area contributed by atoms with E-state index >= 15 is 0 Å². The molecule has 2 aromatic rings. The lowest BCUT2D eigenvalue weighted by Crippen LogP contribution is -2.20. The molecule has 154 valence electrons. The van der Waals surface area contributed by atoms with Crippen LogP contribution in [0.3, 0.4) is 0 Å². The summed E-state index contributed by atoms with van der Waals surface area (Å²) in [6, 6.07) is 11.9. The van der Waals surface area contributed by atoms with Gasteiger partial charge in [-0.2, -0.15) is 0 Å². The third-order valence-corrected chi connectivity index (χ3v) is 4.99. The lowest BCUT2D eigenvalue weighted by molar-refractivity contribution is -0.141. The van der Waals surface area contributed by atoms with Crippen molar-refractivity contribution in [2.24, 2.45) is 11.8 Å². The van der Waals surface area contributed by atoms with Gasteiger partial charge < -0.3 is 24.8 Å². The van der Waals surface area contributed by atoms with E-state index in [1.54, 1.807) is 36.4 Å². The smallest absolute Gasteiger partial charge is 0.309 e. The summed E-state index contributed by atoms with van der Waals surface area (Å²) in [5.74, 6) is -1.08. The minimum absolute atomic E-state index is 0.00319. The Morgan fingerprint density at radius 3 is 2.62 bits per heavy atom. The molecule has 1 aliphatic rings. The molecule has 7 heteroatoms. The van der Waals surface area contributed by atoms with Crippen molar-refractivity contribution in [3.8, 4) is 17.2 Å². The minimum Gasteiger partial charge on any atom is -0.508 e. The Balaban J connectivity index is 1.62. The number of esters is 1. The third-order valence-electron chi connectivity index (χ3n) is 4.99. The summed E-state index contributed by atoms with van der Waals surface area (Å²) in [7, 11) is 0. The summed E-state index contributed by atoms with van der Waals surface area (Å²) in [6.07, 6.45) is 1.39. The SMILES string of the molecule is O=C(O)CCCOc1ccc(C[C@H]2C(=O)OC[C@@H]2Cc2cccc(O)c2)cc1O. The molecule has 1 saturated heterocycles. The zero-order valence-electron chi connectivity index (χ0n) is 15.9. The average molecular weight is 400 g/mol. The number of carboxylic acid groups (broad SMARTS) is 1. The van der Waals surface area contributed by atoms with Crippen molar-refractivity contribution in [2.45, 2.75) is 25.7 Å². The maximum absolute atomic E-state index is 12.2. The Bertz CT molecular complexity index is 877. The van der Waals surface area contributed by atoms with E-state index in [2.05, 4.69) is 0 Å². The van der Waals surface area contributed by atoms with Crippen LogP contribution in [0.2, 0.25) is 0 Å². The normalized spacial score (nSPS) is 18.4. The van der Waals surface area contributed by atoms with Gasteiger partial charge in [-0.3, -0.25) is 9.59 Å². The molecule has 0 radical (unpaired) electrons. The molecule has 0 amide bonds. The number of phenolic OH excluding ortho intramolecular Hbond substituents is 2. The van der Waals surface area contributed by atoms with Crippen LogP contribution in [0, 0.1) is 11.8 Å². The van der Waals surface area contributed by atoms with E-state index in [0.717, 1.165) is 11.1 Å². The van der Waals surface area contributed by atoms with Crippen molar-refractivity contribution in [2.75, 3.05) is 13.2 Å². The topological polar surface area (TPSA) is 113 Å². The van der Waals surface area contributed by atoms with Crippen LogP contribution in [0.4, 0.5) is 0 Å². The highest BCUT2D eigenvalue weighted by molar-refractivity contribution is 5.75. The number of rotatable bonds is 9. The van der Waals surface area contributed by atoms with Gasteiger partial charge in [-0.1, -0.05) is 18.2 Å². The zero-order chi connectivity index (χ0) is 20.8. The van der Waals surface area contributed by atoms with Gasteiger partial charge in [-0.25, -0.2) is 0 Å². The lowest BCUT2D eigenvalue weighted by atomic mass is 9.85. The van der Waals surface area contributed by atoms with Crippen LogP contribution in [0.25, 0.3) is 0 Å². The summed E-state index contributed by atoms with van der Waals surface area (Å²) in [6.45, 7) is 0.524. The fraction of sp³-hybridized carbons (Fsp3) is 0.364. The Kier molecular flexibility index (Phi) is 6.59. The Morgan fingerprint density at radius 2 is 1.90 bits per heavy atom. The first-order valence-corrected chi connectivity index (χ1v) is 9.53. The van der Waals surface area contributed by atoms with Crippen LogP contribution in [-0.4, -0.2) is 40.5 Å². The molecule has 0 bridgehead atoms. The number of carbonyl (C=O) groups is 2. The molecule has 0 aromatic heterocycles. The summed E-state index contributed by atoms with van der Waals surface area (Å²) in [4.78, 5) is 22.7. The number of aliphatic carboxylic acids is 1. The number of hydrogen-bond acceptors (Lipinski definition) is 6. The zero-order valence-corrected chi connectivity index (χ0v) is 15.9. The van der Waals surface area contributed by atoms with Crippen LogP contribution >= 0.6 is 0 Å². The summed E-state index contributed by atoms with van der Waals surface area (Å²) in [5, 5.41) is 28.5. The first kappa shape index (κ1) is 20.5. The van der Waals surface area contributed by atoms with Crippen molar-refractivity contribution in [1.82, 2.24) is 0 Å². The standard InChI is InChI=1S/C22H24O7/c23-17-4-1-3-14(10-17)9-16-13-29-22(27)18(16)11-15-6-7-20(19(24)12-15)28-8-2-5-21(25)26/h1,3-4,6-7,10,12,16,18,23-24H,2,5,8-9,11,13H2,(H,25,26)/t16-,18+/m0/s1. The molecule has 2 atom stereocenters. The highest BCUT2D eigenvalue weighted by atomic mass is 16.5. The molecule has 2 aromatic carbocycles. The fourth-order valence-electron chi connectivity index (χ4n) is 3.51. The predicted molar refractivity (Wildman–Crippen MR) is 104 cm³/mol. The predicted octanol–water partition coefficient (Wildman–Crippen LogP) is 2.92. The molecular formula is C22H24O7. The van der Waals surface area contributed by atoms with E-state index in [-0.39, 0.29) is 48.1 Å². The van der Waals surface area contributed by atoms with Crippen molar-refractivity contribution in [3.05, 3.63) is 53.6 Å². The molecule has 7 nitrogen and oxygen atoms in total. The molecule has 1 fully saturated rings. The van der Waals surface area contributed by atoms with Crippen molar-refractivity contribution in [1.29, 1.82) is 0 Å². The van der Waals surface area contributed by atoms with Gasteiger partial charge in [0, 0.05) is 12.3 Å². The molecule has 29 heavy (non-hydrogen) atoms. The van der Waals surface area contributed by atoms with Crippen LogP contribution in [0.1, 0.15) is 24.0 Å². The molecule has 1 aliphatic heterocycles. The van der Waals surface area contributed by atoms with E-state index in [4.69, 9.17) is 14.6 Å². The summed E-state index contributed by atoms with van der Waals surface area (Å²) < 4.78 is 10.7. The quantitative estimate of drug-likeness (QED) is 0.438. The first-order chi connectivity index (χ1) is 13.9. The van der Waals surface area contributed by atoms with E-state index in [0.29, 0.717) is 25.9 Å². The van der Waals surface area contributed by atoms with Crippen molar-refractivity contribution >= 4 is 11.9 Å². The summed E-state index contributed by atoms with van der Waals surface area (Å²) >= 11 is 0. The van der Waals surface area contributed by atoms with E-state index in [9.17, 15) is 19.8 Å². The molecule has 0 spiro atoms. The van der Waals surface area contributed by atoms with E-state index in [1.807, 2.05) is 6.07 Å². The Labute approximate surface area is 168 Å². The lowest BCUT2D eigenvalue weighted by Gasteiger charge is -2.16. The highest BCUT2D eigenvalue weighted by Crippen LogP contribution is 2.33. The van der Waals surface area contributed by atoms with Gasteiger partial charge in [0.1, 0.15) is 5.75 Å². The number of carboxylic acids is 1. The number of ether oxygens (including phenoxy) is 2. The van der Waals surface area contributed by atoms with Gasteiger partial charge in [-0.05, 0) is 54.7 Å². The van der Waals surface area contributed by atoms with E-state index in [1.165, 1.54) is 0 Å². The minimum atomic E-state index is -0.892. The number of phenols is 2. The maximum atomic E-state index is 12.2. The van der Waals surface area contributed by atoms with Crippen LogP contribution < -0.4 is 4.74 Å². The number of cyclic esters (lactones) is 1. The fourth-order valence-corrected chi connectivity index (χ4v) is 3.51. The van der Waals surface area contributed by atoms with Gasteiger partial charge >= 0.3 is 11.9 Å². The summed E-state index contributed by atoms with van der Waals surface area (Å²) in [5.41, 5.74) is 1.72. The van der Waals surface area contributed by atoms with Gasteiger partial charge in [0.05, 0.1) is 19.1 Å². The van der Waals surface area contributed by atoms with E-state index < -0.39 is 5.97 Å². The monoisotopic (exact) mass is 400 g/mol. The van der Waals surface area contributed by atoms with Gasteiger partial charge in [0.2, 0.25) is 0 Å². The van der Waals surface area contributed by atoms with Gasteiger partial charge in [-0.15, -0.1) is 0 Å². The van der Waals surface area contributed by atoms with Gasteiger partial charge in [0.25, 0.3) is 0 Å². The van der Waals surface area contributed by atoms with Gasteiger partial charge in [0.15, 0.2) is 11.5 Å². The largest absolute Gasteiger partial charge is 0.508 e.